The fourth-order valence-electron chi connectivity index (χ4n) is 2.76. The van der Waals surface area contributed by atoms with Crippen molar-refractivity contribution in [3.63, 3.8) is 0 Å². The molecule has 3 rings (SSSR count). The summed E-state index contributed by atoms with van der Waals surface area (Å²) >= 11 is 13.8. The van der Waals surface area contributed by atoms with Crippen molar-refractivity contribution in [3.05, 3.63) is 82.2 Å². The van der Waals surface area contributed by atoms with Crippen LogP contribution in [0.4, 0.5) is 5.69 Å². The molecular formula is C22H20Cl2N2O3S. The molecule has 3 aromatic rings. The monoisotopic (exact) mass is 462 g/mol. The summed E-state index contributed by atoms with van der Waals surface area (Å²) in [6.45, 7) is 1.99. The van der Waals surface area contributed by atoms with Crippen LogP contribution in [0.2, 0.25) is 10.0 Å². The number of nitrogens with one attached hydrogen (secondary N) is 1. The molecule has 0 saturated heterocycles. The molecule has 0 fully saturated rings. The second kappa shape index (κ2) is 10.6. The Kier molecular flexibility index (Phi) is 7.85. The summed E-state index contributed by atoms with van der Waals surface area (Å²) in [6, 6.07) is 16.6. The van der Waals surface area contributed by atoms with Crippen LogP contribution in [-0.2, 0) is 10.5 Å². The number of hydrogen-bond donors (Lipinski definition) is 1. The first-order valence-corrected chi connectivity index (χ1v) is 11.0. The van der Waals surface area contributed by atoms with E-state index in [0.717, 1.165) is 10.5 Å². The Balaban J connectivity index is 1.66. The van der Waals surface area contributed by atoms with Gasteiger partial charge in [-0.25, -0.2) is 0 Å². The molecule has 5 nitrogen and oxygen atoms in total. The van der Waals surface area contributed by atoms with Crippen LogP contribution in [0.1, 0.15) is 23.0 Å². The van der Waals surface area contributed by atoms with Gasteiger partial charge in [-0.05, 0) is 37.3 Å². The molecule has 0 unspecified atom stereocenters. The van der Waals surface area contributed by atoms with Crippen LogP contribution in [0.3, 0.4) is 0 Å². The zero-order chi connectivity index (χ0) is 21.5. The van der Waals surface area contributed by atoms with E-state index < -0.39 is 5.91 Å². The molecular weight excluding hydrogens is 443 g/mol. The lowest BCUT2D eigenvalue weighted by atomic mass is 10.2. The van der Waals surface area contributed by atoms with E-state index >= 15 is 0 Å². The molecule has 0 spiro atoms. The third-order valence-electron chi connectivity index (χ3n) is 4.31. The third-order valence-corrected chi connectivity index (χ3v) is 6.00. The highest BCUT2D eigenvalue weighted by molar-refractivity contribution is 7.98. The number of nitrogens with zero attached hydrogens (tertiary/aromatic N) is 1. The van der Waals surface area contributed by atoms with E-state index in [-0.39, 0.29) is 18.2 Å². The average molecular weight is 463 g/mol. The summed E-state index contributed by atoms with van der Waals surface area (Å²) in [6.07, 6.45) is 1.49. The van der Waals surface area contributed by atoms with Crippen LogP contribution >= 0.6 is 35.0 Å². The SMILES string of the molecule is CCN(CC(=O)Nc1c(Cl)cccc1Cl)C(=O)c1occc1CSc1ccccc1. The van der Waals surface area contributed by atoms with Gasteiger partial charge < -0.3 is 14.6 Å². The third kappa shape index (κ3) is 5.59. The van der Waals surface area contributed by atoms with E-state index in [0.29, 0.717) is 28.0 Å². The Morgan fingerprint density at radius 3 is 2.40 bits per heavy atom. The highest BCUT2D eigenvalue weighted by Crippen LogP contribution is 2.30. The molecule has 2 amide bonds. The predicted molar refractivity (Wildman–Crippen MR) is 121 cm³/mol. The number of halogens is 2. The molecule has 0 saturated carbocycles. The van der Waals surface area contributed by atoms with Crippen molar-refractivity contribution >= 4 is 52.5 Å². The van der Waals surface area contributed by atoms with E-state index in [1.54, 1.807) is 43.0 Å². The number of benzene rings is 2. The highest BCUT2D eigenvalue weighted by Gasteiger charge is 2.23. The minimum Gasteiger partial charge on any atom is -0.459 e. The summed E-state index contributed by atoms with van der Waals surface area (Å²) in [7, 11) is 0. The Labute approximate surface area is 189 Å². The van der Waals surface area contributed by atoms with Crippen molar-refractivity contribution in [2.24, 2.45) is 0 Å². The minimum atomic E-state index is -0.396. The van der Waals surface area contributed by atoms with Crippen molar-refractivity contribution < 1.29 is 14.0 Å². The predicted octanol–water partition coefficient (Wildman–Crippen LogP) is 5.98. The van der Waals surface area contributed by atoms with Crippen LogP contribution in [-0.4, -0.2) is 29.8 Å². The lowest BCUT2D eigenvalue weighted by molar-refractivity contribution is -0.116. The van der Waals surface area contributed by atoms with Crippen molar-refractivity contribution in [2.75, 3.05) is 18.4 Å². The zero-order valence-electron chi connectivity index (χ0n) is 16.2. The molecule has 0 aliphatic rings. The number of likely N-dealkylation sites (N-methyl/N-ethyl adjacent to an activating group) is 1. The number of amides is 2. The first-order chi connectivity index (χ1) is 14.5. The lowest BCUT2D eigenvalue weighted by Crippen LogP contribution is -2.38. The topological polar surface area (TPSA) is 62.6 Å². The molecule has 0 radical (unpaired) electrons. The van der Waals surface area contributed by atoms with Crippen LogP contribution in [0.5, 0.6) is 0 Å². The number of rotatable bonds is 8. The number of thioether (sulfide) groups is 1. The van der Waals surface area contributed by atoms with Gasteiger partial charge in [-0.3, -0.25) is 9.59 Å². The molecule has 8 heteroatoms. The standard InChI is InChI=1S/C22H20Cl2N2O3S/c1-2-26(13-19(27)25-20-17(23)9-6-10-18(20)24)22(28)21-15(11-12-29-21)14-30-16-7-4-3-5-8-16/h3-12H,2,13-14H2,1H3,(H,25,27). The summed E-state index contributed by atoms with van der Waals surface area (Å²) in [4.78, 5) is 28.0. The maximum absolute atomic E-state index is 13.0. The van der Waals surface area contributed by atoms with Gasteiger partial charge in [0.15, 0.2) is 5.76 Å². The molecule has 156 valence electrons. The first-order valence-electron chi connectivity index (χ1n) is 9.27. The smallest absolute Gasteiger partial charge is 0.290 e. The van der Waals surface area contributed by atoms with Gasteiger partial charge in [-0.2, -0.15) is 0 Å². The van der Waals surface area contributed by atoms with Crippen LogP contribution in [0, 0.1) is 0 Å². The van der Waals surface area contributed by atoms with Gasteiger partial charge >= 0.3 is 0 Å². The summed E-state index contributed by atoms with van der Waals surface area (Å²) in [5.74, 6) is 0.0861. The van der Waals surface area contributed by atoms with Gasteiger partial charge in [0, 0.05) is 22.8 Å². The van der Waals surface area contributed by atoms with Gasteiger partial charge in [0.05, 0.1) is 22.0 Å². The van der Waals surface area contributed by atoms with Crippen molar-refractivity contribution in [1.82, 2.24) is 4.90 Å². The quantitative estimate of drug-likeness (QED) is 0.418. The summed E-state index contributed by atoms with van der Waals surface area (Å²) in [5, 5.41) is 3.33. The van der Waals surface area contributed by atoms with Crippen LogP contribution in [0.15, 0.2) is 70.2 Å². The molecule has 1 aromatic heterocycles. The minimum absolute atomic E-state index is 0.150. The Morgan fingerprint density at radius 2 is 1.73 bits per heavy atom. The Hall–Kier alpha value is -2.41. The molecule has 1 N–H and O–H groups in total. The number of carbonyl (C=O) groups is 2. The number of anilines is 1. The largest absolute Gasteiger partial charge is 0.459 e. The summed E-state index contributed by atoms with van der Waals surface area (Å²) in [5.41, 5.74) is 1.11. The highest BCUT2D eigenvalue weighted by atomic mass is 35.5. The van der Waals surface area contributed by atoms with Crippen molar-refractivity contribution in [1.29, 1.82) is 0 Å². The number of para-hydroxylation sites is 1. The van der Waals surface area contributed by atoms with Gasteiger partial charge in [0.2, 0.25) is 5.91 Å². The van der Waals surface area contributed by atoms with E-state index in [2.05, 4.69) is 5.32 Å². The van der Waals surface area contributed by atoms with Gasteiger partial charge in [-0.1, -0.05) is 47.5 Å². The van der Waals surface area contributed by atoms with Crippen molar-refractivity contribution in [3.8, 4) is 0 Å². The van der Waals surface area contributed by atoms with Crippen molar-refractivity contribution in [2.45, 2.75) is 17.6 Å². The molecule has 0 bridgehead atoms. The van der Waals surface area contributed by atoms with Crippen LogP contribution < -0.4 is 5.32 Å². The van der Waals surface area contributed by atoms with E-state index in [9.17, 15) is 9.59 Å². The van der Waals surface area contributed by atoms with E-state index in [1.807, 2.05) is 30.3 Å². The fraction of sp³-hybridized carbons (Fsp3) is 0.182. The zero-order valence-corrected chi connectivity index (χ0v) is 18.6. The second-order valence-corrected chi connectivity index (χ2v) is 8.20. The molecule has 2 aromatic carbocycles. The van der Waals surface area contributed by atoms with Gasteiger partial charge in [0.25, 0.3) is 5.91 Å². The Morgan fingerprint density at radius 1 is 1.03 bits per heavy atom. The normalized spacial score (nSPS) is 10.6. The van der Waals surface area contributed by atoms with E-state index in [4.69, 9.17) is 27.6 Å². The Bertz CT molecular complexity index is 1000. The maximum atomic E-state index is 13.0. The second-order valence-electron chi connectivity index (χ2n) is 6.34. The molecule has 1 heterocycles. The molecule has 0 aliphatic carbocycles. The average Bonchev–Trinajstić information content (AvgIpc) is 3.22. The summed E-state index contributed by atoms with van der Waals surface area (Å²) < 4.78 is 5.46. The maximum Gasteiger partial charge on any atom is 0.290 e. The number of hydrogen-bond acceptors (Lipinski definition) is 4. The molecule has 0 aliphatic heterocycles. The first kappa shape index (κ1) is 22.3. The lowest BCUT2D eigenvalue weighted by Gasteiger charge is -2.20. The molecule has 0 atom stereocenters. The molecule has 30 heavy (non-hydrogen) atoms. The van der Waals surface area contributed by atoms with E-state index in [1.165, 1.54) is 11.2 Å². The van der Waals surface area contributed by atoms with Gasteiger partial charge in [0.1, 0.15) is 6.54 Å². The fourth-order valence-corrected chi connectivity index (χ4v) is 4.15. The number of furan rings is 1. The van der Waals surface area contributed by atoms with Crippen LogP contribution in [0.25, 0.3) is 0 Å². The number of carbonyl (C=O) groups excluding carboxylic acids is 2. The van der Waals surface area contributed by atoms with Gasteiger partial charge in [-0.15, -0.1) is 11.8 Å².